The van der Waals surface area contributed by atoms with E-state index in [9.17, 15) is 9.59 Å². The first-order valence-corrected chi connectivity index (χ1v) is 4.38. The van der Waals surface area contributed by atoms with Gasteiger partial charge in [-0.2, -0.15) is 0 Å². The van der Waals surface area contributed by atoms with E-state index in [1.54, 1.807) is 0 Å². The second kappa shape index (κ2) is 3.31. The molecule has 3 N–H and O–H groups in total. The fourth-order valence-electron chi connectivity index (χ4n) is 0.682. The molecule has 1 unspecified atom stereocenters. The van der Waals surface area contributed by atoms with Gasteiger partial charge in [0.05, 0.1) is 6.26 Å². The predicted molar refractivity (Wildman–Crippen MR) is 44.5 cm³/mol. The molecule has 0 bridgehead atoms. The predicted octanol–water partition coefficient (Wildman–Crippen LogP) is 0.494. The fraction of sp³-hybridized carbons (Fsp3) is 0. The Kier molecular flexibility index (Phi) is 2.39. The Hall–Kier alpha value is -1.43. The largest absolute Gasteiger partial charge is 0.477 e. The first kappa shape index (κ1) is 8.66. The third kappa shape index (κ3) is 1.59. The summed E-state index contributed by atoms with van der Waals surface area (Å²) in [5.74, 6) is -1.18. The SMILES string of the molecule is NC(=O)[SH]1C=COC=C1C(=O)O. The van der Waals surface area contributed by atoms with Crippen LogP contribution in [0.4, 0.5) is 4.79 Å². The number of hydrogen-bond acceptors (Lipinski definition) is 3. The first-order chi connectivity index (χ1) is 5.63. The van der Waals surface area contributed by atoms with Crippen LogP contribution in [0.1, 0.15) is 0 Å². The van der Waals surface area contributed by atoms with Gasteiger partial charge in [0.25, 0.3) is 5.24 Å². The molecular formula is C6H7NO4S. The molecule has 12 heavy (non-hydrogen) atoms. The number of aliphatic carboxylic acids is 1. The molecule has 1 rings (SSSR count). The summed E-state index contributed by atoms with van der Waals surface area (Å²) in [6.45, 7) is 0. The monoisotopic (exact) mass is 189 g/mol. The average molecular weight is 189 g/mol. The molecule has 5 nitrogen and oxygen atoms in total. The van der Waals surface area contributed by atoms with Crippen molar-refractivity contribution in [3.05, 3.63) is 22.8 Å². The summed E-state index contributed by atoms with van der Waals surface area (Å²) in [5.41, 5.74) is 4.97. The first-order valence-electron chi connectivity index (χ1n) is 2.97. The second-order valence-electron chi connectivity index (χ2n) is 1.94. The van der Waals surface area contributed by atoms with Gasteiger partial charge in [-0.15, -0.1) is 10.9 Å². The van der Waals surface area contributed by atoms with Crippen molar-refractivity contribution >= 4 is 22.1 Å². The van der Waals surface area contributed by atoms with E-state index in [4.69, 9.17) is 10.8 Å². The number of ether oxygens (including phenoxy) is 1. The Morgan fingerprint density at radius 1 is 1.58 bits per heavy atom. The van der Waals surface area contributed by atoms with E-state index < -0.39 is 22.1 Å². The van der Waals surface area contributed by atoms with Crippen LogP contribution in [-0.2, 0) is 9.53 Å². The number of hydrogen-bond donors (Lipinski definition) is 3. The van der Waals surface area contributed by atoms with Gasteiger partial charge in [0.2, 0.25) is 0 Å². The van der Waals surface area contributed by atoms with Crippen LogP contribution in [0.5, 0.6) is 0 Å². The molecule has 66 valence electrons. The normalized spacial score (nSPS) is 24.0. The summed E-state index contributed by atoms with van der Waals surface area (Å²) < 4.78 is 4.61. The third-order valence-corrected chi connectivity index (χ3v) is 2.89. The molecular weight excluding hydrogens is 182 g/mol. The van der Waals surface area contributed by atoms with Gasteiger partial charge in [0.1, 0.15) is 11.2 Å². The summed E-state index contributed by atoms with van der Waals surface area (Å²) in [4.78, 5) is 21.1. The zero-order valence-corrected chi connectivity index (χ0v) is 6.82. The van der Waals surface area contributed by atoms with Crippen molar-refractivity contribution in [3.8, 4) is 0 Å². The highest BCUT2D eigenvalue weighted by atomic mass is 32.2. The number of nitrogens with two attached hydrogens (primary N) is 1. The molecule has 0 fully saturated rings. The van der Waals surface area contributed by atoms with Crippen LogP contribution in [0.2, 0.25) is 0 Å². The van der Waals surface area contributed by atoms with Gasteiger partial charge >= 0.3 is 5.97 Å². The number of primary amides is 1. The summed E-state index contributed by atoms with van der Waals surface area (Å²) in [6, 6.07) is 0. The Morgan fingerprint density at radius 3 is 2.67 bits per heavy atom. The van der Waals surface area contributed by atoms with Crippen LogP contribution >= 0.6 is 10.9 Å². The zero-order chi connectivity index (χ0) is 9.14. The van der Waals surface area contributed by atoms with Gasteiger partial charge in [-0.1, -0.05) is 0 Å². The Morgan fingerprint density at radius 2 is 2.25 bits per heavy atom. The van der Waals surface area contributed by atoms with E-state index in [1.165, 1.54) is 11.7 Å². The Labute approximate surface area is 70.8 Å². The van der Waals surface area contributed by atoms with Gasteiger partial charge in [0, 0.05) is 0 Å². The van der Waals surface area contributed by atoms with Crippen molar-refractivity contribution < 1.29 is 19.4 Å². The minimum absolute atomic E-state index is 0.0833. The minimum Gasteiger partial charge on any atom is -0.477 e. The molecule has 1 aliphatic rings. The standard InChI is InChI=1S/C6H7NO4S/c7-6(10)12-2-1-11-3-4(12)5(8)9/h1-3,12H,(H2,7,10)(H,8,9). The number of carbonyl (C=O) groups is 2. The number of amides is 1. The Balaban J connectivity index is 2.90. The molecule has 1 amide bonds. The van der Waals surface area contributed by atoms with Crippen LogP contribution in [0.15, 0.2) is 22.8 Å². The number of carboxylic acid groups (broad SMARTS) is 1. The molecule has 0 aromatic heterocycles. The van der Waals surface area contributed by atoms with E-state index in [0.29, 0.717) is 0 Å². The lowest BCUT2D eigenvalue weighted by molar-refractivity contribution is -0.131. The average Bonchev–Trinajstić information content (AvgIpc) is 2.04. The summed E-state index contributed by atoms with van der Waals surface area (Å²) in [6.07, 6.45) is 2.28. The van der Waals surface area contributed by atoms with Gasteiger partial charge in [-0.25, -0.2) is 4.79 Å². The van der Waals surface area contributed by atoms with E-state index >= 15 is 0 Å². The van der Waals surface area contributed by atoms with Crippen LogP contribution in [-0.4, -0.2) is 16.3 Å². The number of carbonyl (C=O) groups excluding carboxylic acids is 1. The van der Waals surface area contributed by atoms with Crippen LogP contribution < -0.4 is 5.73 Å². The maximum atomic E-state index is 10.7. The van der Waals surface area contributed by atoms with E-state index in [-0.39, 0.29) is 4.91 Å². The van der Waals surface area contributed by atoms with Gasteiger partial charge in [-0.3, -0.25) is 4.79 Å². The fourth-order valence-corrected chi connectivity index (χ4v) is 1.80. The molecule has 0 aromatic rings. The quantitative estimate of drug-likeness (QED) is 0.524. The highest BCUT2D eigenvalue weighted by molar-refractivity contribution is 8.35. The highest BCUT2D eigenvalue weighted by Gasteiger charge is 2.22. The van der Waals surface area contributed by atoms with Crippen molar-refractivity contribution in [2.45, 2.75) is 0 Å². The molecule has 0 aromatic carbocycles. The molecule has 0 aliphatic carbocycles. The van der Waals surface area contributed by atoms with Gasteiger partial charge in [0.15, 0.2) is 0 Å². The lowest BCUT2D eigenvalue weighted by atomic mass is 10.6. The van der Waals surface area contributed by atoms with E-state index in [0.717, 1.165) is 6.26 Å². The number of thiol groups is 1. The summed E-state index contributed by atoms with van der Waals surface area (Å²) in [5, 5.41) is 9.31. The summed E-state index contributed by atoms with van der Waals surface area (Å²) in [7, 11) is -1.54. The second-order valence-corrected chi connectivity index (χ2v) is 3.90. The van der Waals surface area contributed by atoms with Crippen LogP contribution in [0, 0.1) is 0 Å². The van der Waals surface area contributed by atoms with Crippen LogP contribution in [0.25, 0.3) is 0 Å². The third-order valence-electron chi connectivity index (χ3n) is 1.18. The van der Waals surface area contributed by atoms with E-state index in [2.05, 4.69) is 4.74 Å². The van der Waals surface area contributed by atoms with Crippen LogP contribution in [0.3, 0.4) is 0 Å². The lowest BCUT2D eigenvalue weighted by Crippen LogP contribution is -2.14. The molecule has 0 spiro atoms. The maximum Gasteiger partial charge on any atom is 0.344 e. The maximum absolute atomic E-state index is 10.7. The number of carboxylic acids is 1. The molecule has 0 radical (unpaired) electrons. The topological polar surface area (TPSA) is 89.6 Å². The van der Waals surface area contributed by atoms with Crippen molar-refractivity contribution in [2.75, 3.05) is 0 Å². The van der Waals surface area contributed by atoms with Gasteiger partial charge < -0.3 is 15.6 Å². The molecule has 1 aliphatic heterocycles. The highest BCUT2D eigenvalue weighted by Crippen LogP contribution is 2.38. The minimum atomic E-state index is -1.54. The Bertz CT molecular complexity index is 283. The van der Waals surface area contributed by atoms with E-state index in [1.807, 2.05) is 0 Å². The van der Waals surface area contributed by atoms with Crippen molar-refractivity contribution in [1.82, 2.24) is 0 Å². The number of rotatable bonds is 1. The molecule has 1 atom stereocenters. The summed E-state index contributed by atoms with van der Waals surface area (Å²) >= 11 is 0. The zero-order valence-electron chi connectivity index (χ0n) is 5.93. The van der Waals surface area contributed by atoms with Crippen molar-refractivity contribution in [1.29, 1.82) is 0 Å². The molecule has 6 heteroatoms. The molecule has 0 saturated heterocycles. The molecule has 1 heterocycles. The van der Waals surface area contributed by atoms with Crippen molar-refractivity contribution in [2.24, 2.45) is 5.73 Å². The molecule has 0 saturated carbocycles. The van der Waals surface area contributed by atoms with Gasteiger partial charge in [-0.05, 0) is 5.41 Å². The van der Waals surface area contributed by atoms with Crippen molar-refractivity contribution in [3.63, 3.8) is 0 Å². The lowest BCUT2D eigenvalue weighted by Gasteiger charge is -2.16. The smallest absolute Gasteiger partial charge is 0.344 e.